The molecule has 2 heterocycles. The molecule has 0 radical (unpaired) electrons. The van der Waals surface area contributed by atoms with E-state index in [1.807, 2.05) is 49.6 Å². The third kappa shape index (κ3) is 5.10. The van der Waals surface area contributed by atoms with Crippen molar-refractivity contribution in [2.45, 2.75) is 24.8 Å². The van der Waals surface area contributed by atoms with E-state index in [4.69, 9.17) is 0 Å². The molecule has 1 fully saturated rings. The van der Waals surface area contributed by atoms with Gasteiger partial charge >= 0.3 is 0 Å². The van der Waals surface area contributed by atoms with Crippen LogP contribution in [0.4, 0.5) is 0 Å². The Bertz CT molecular complexity index is 1250. The van der Waals surface area contributed by atoms with Crippen LogP contribution < -0.4 is 4.72 Å². The fraction of sp³-hybridized carbons (Fsp3) is 0.333. The molecule has 9 heteroatoms. The molecule has 0 saturated carbocycles. The van der Waals surface area contributed by atoms with Gasteiger partial charge < -0.3 is 9.80 Å². The van der Waals surface area contributed by atoms with Gasteiger partial charge in [0.15, 0.2) is 0 Å². The molecule has 1 atom stereocenters. The Labute approximate surface area is 198 Å². The lowest BCUT2D eigenvalue weighted by molar-refractivity contribution is -0.135. The number of rotatable bonds is 6. The fourth-order valence-electron chi connectivity index (χ4n) is 3.92. The van der Waals surface area contributed by atoms with E-state index in [0.717, 1.165) is 10.8 Å². The number of carbonyl (C=O) groups is 2. The third-order valence-corrected chi connectivity index (χ3v) is 8.15. The maximum Gasteiger partial charge on any atom is 0.264 e. The van der Waals surface area contributed by atoms with Crippen molar-refractivity contribution in [2.24, 2.45) is 5.92 Å². The highest BCUT2D eigenvalue weighted by atomic mass is 32.2. The second-order valence-corrected chi connectivity index (χ2v) is 11.1. The molecule has 0 spiro atoms. The van der Waals surface area contributed by atoms with Crippen LogP contribution in [0.3, 0.4) is 0 Å². The largest absolute Gasteiger partial charge is 0.338 e. The lowest BCUT2D eigenvalue weighted by Crippen LogP contribution is -2.57. The van der Waals surface area contributed by atoms with Gasteiger partial charge in [-0.05, 0) is 40.3 Å². The standard InChI is InChI=1S/C24H27N3O4S2/c1-17(2)22(25-33(30,31)20-10-9-18-6-3-4-7-19(18)16-20)24(29)27-13-11-26(12-14-27)23(28)21-8-5-15-32-21/h3-10,15-17,22,25H,11-14H2,1-2H3/t22-/m1/s1. The monoisotopic (exact) mass is 485 g/mol. The van der Waals surface area contributed by atoms with Crippen molar-refractivity contribution in [1.82, 2.24) is 14.5 Å². The molecular formula is C24H27N3O4S2. The topological polar surface area (TPSA) is 86.8 Å². The second-order valence-electron chi connectivity index (χ2n) is 8.45. The molecule has 2 amide bonds. The highest BCUT2D eigenvalue weighted by Gasteiger charge is 2.34. The Morgan fingerprint density at radius 2 is 1.58 bits per heavy atom. The Balaban J connectivity index is 1.45. The maximum atomic E-state index is 13.3. The molecule has 2 aromatic carbocycles. The number of nitrogens with zero attached hydrogens (tertiary/aromatic N) is 2. The van der Waals surface area contributed by atoms with Gasteiger partial charge in [-0.25, -0.2) is 8.42 Å². The zero-order valence-electron chi connectivity index (χ0n) is 18.6. The number of piperazine rings is 1. The summed E-state index contributed by atoms with van der Waals surface area (Å²) in [5.41, 5.74) is 0. The first kappa shape index (κ1) is 23.4. The first-order valence-electron chi connectivity index (χ1n) is 10.9. The van der Waals surface area contributed by atoms with E-state index in [9.17, 15) is 18.0 Å². The highest BCUT2D eigenvalue weighted by Crippen LogP contribution is 2.21. The minimum absolute atomic E-state index is 0.0329. The Morgan fingerprint density at radius 3 is 2.21 bits per heavy atom. The number of fused-ring (bicyclic) bond motifs is 1. The lowest BCUT2D eigenvalue weighted by atomic mass is 10.0. The van der Waals surface area contributed by atoms with Crippen LogP contribution in [0.1, 0.15) is 23.5 Å². The van der Waals surface area contributed by atoms with Crippen LogP contribution in [-0.2, 0) is 14.8 Å². The van der Waals surface area contributed by atoms with Gasteiger partial charge in [0.25, 0.3) is 5.91 Å². The summed E-state index contributed by atoms with van der Waals surface area (Å²) in [4.78, 5) is 30.0. The van der Waals surface area contributed by atoms with Crippen LogP contribution in [0.15, 0.2) is 64.9 Å². The summed E-state index contributed by atoms with van der Waals surface area (Å²) in [7, 11) is -3.89. The van der Waals surface area contributed by atoms with Gasteiger partial charge in [-0.3, -0.25) is 9.59 Å². The van der Waals surface area contributed by atoms with Gasteiger partial charge in [0, 0.05) is 26.2 Å². The minimum Gasteiger partial charge on any atom is -0.338 e. The number of thiophene rings is 1. The van der Waals surface area contributed by atoms with Crippen molar-refractivity contribution in [3.8, 4) is 0 Å². The van der Waals surface area contributed by atoms with Gasteiger partial charge in [-0.15, -0.1) is 11.3 Å². The van der Waals surface area contributed by atoms with Crippen molar-refractivity contribution < 1.29 is 18.0 Å². The number of carbonyl (C=O) groups excluding carboxylic acids is 2. The molecule has 174 valence electrons. The minimum atomic E-state index is -3.89. The van der Waals surface area contributed by atoms with E-state index in [1.54, 1.807) is 34.1 Å². The molecule has 4 rings (SSSR count). The highest BCUT2D eigenvalue weighted by molar-refractivity contribution is 7.89. The van der Waals surface area contributed by atoms with Crippen LogP contribution in [0.25, 0.3) is 10.8 Å². The molecule has 33 heavy (non-hydrogen) atoms. The zero-order valence-corrected chi connectivity index (χ0v) is 20.2. The molecule has 1 aromatic heterocycles. The molecular weight excluding hydrogens is 458 g/mol. The Hall–Kier alpha value is -2.75. The molecule has 1 aliphatic rings. The summed E-state index contributed by atoms with van der Waals surface area (Å²) in [5, 5.41) is 3.63. The lowest BCUT2D eigenvalue weighted by Gasteiger charge is -2.37. The van der Waals surface area contributed by atoms with E-state index in [0.29, 0.717) is 31.1 Å². The van der Waals surface area contributed by atoms with Gasteiger partial charge in [-0.2, -0.15) is 4.72 Å². The summed E-state index contributed by atoms with van der Waals surface area (Å²) in [5.74, 6) is -0.536. The number of benzene rings is 2. The smallest absolute Gasteiger partial charge is 0.264 e. The van der Waals surface area contributed by atoms with E-state index in [-0.39, 0.29) is 22.6 Å². The van der Waals surface area contributed by atoms with Crippen LogP contribution in [0, 0.1) is 5.92 Å². The van der Waals surface area contributed by atoms with Crippen LogP contribution in [0.5, 0.6) is 0 Å². The summed E-state index contributed by atoms with van der Waals surface area (Å²) in [6, 6.07) is 15.2. The maximum absolute atomic E-state index is 13.3. The van der Waals surface area contributed by atoms with Crippen molar-refractivity contribution in [1.29, 1.82) is 0 Å². The number of amides is 2. The third-order valence-electron chi connectivity index (χ3n) is 5.86. The fourth-order valence-corrected chi connectivity index (χ4v) is 5.99. The van der Waals surface area contributed by atoms with E-state index < -0.39 is 16.1 Å². The zero-order chi connectivity index (χ0) is 23.6. The molecule has 7 nitrogen and oxygen atoms in total. The number of nitrogens with one attached hydrogen (secondary N) is 1. The quantitative estimate of drug-likeness (QED) is 0.581. The molecule has 0 aliphatic carbocycles. The number of hydrogen-bond donors (Lipinski definition) is 1. The molecule has 1 aliphatic heterocycles. The summed E-state index contributed by atoms with van der Waals surface area (Å²) < 4.78 is 28.9. The predicted octanol–water partition coefficient (Wildman–Crippen LogP) is 3.19. The van der Waals surface area contributed by atoms with Crippen molar-refractivity contribution >= 4 is 43.9 Å². The SMILES string of the molecule is CC(C)[C@@H](NS(=O)(=O)c1ccc2ccccc2c1)C(=O)N1CCN(C(=O)c2cccs2)CC1. The average molecular weight is 486 g/mol. The predicted molar refractivity (Wildman–Crippen MR) is 130 cm³/mol. The van der Waals surface area contributed by atoms with E-state index in [2.05, 4.69) is 4.72 Å². The average Bonchev–Trinajstić information content (AvgIpc) is 3.36. The molecule has 0 unspecified atom stereocenters. The van der Waals surface area contributed by atoms with Crippen LogP contribution in [0.2, 0.25) is 0 Å². The number of hydrogen-bond acceptors (Lipinski definition) is 5. The summed E-state index contributed by atoms with van der Waals surface area (Å²) in [6.45, 7) is 5.23. The van der Waals surface area contributed by atoms with Crippen LogP contribution in [-0.4, -0.2) is 62.3 Å². The normalized spacial score (nSPS) is 15.7. The first-order valence-corrected chi connectivity index (χ1v) is 13.3. The van der Waals surface area contributed by atoms with Crippen molar-refractivity contribution in [2.75, 3.05) is 26.2 Å². The molecule has 1 saturated heterocycles. The van der Waals surface area contributed by atoms with Gasteiger partial charge in [0.05, 0.1) is 9.77 Å². The first-order chi connectivity index (χ1) is 15.8. The van der Waals surface area contributed by atoms with E-state index in [1.165, 1.54) is 11.3 Å². The van der Waals surface area contributed by atoms with Crippen molar-refractivity contribution in [3.05, 3.63) is 64.9 Å². The van der Waals surface area contributed by atoms with Crippen molar-refractivity contribution in [3.63, 3.8) is 0 Å². The Kier molecular flexibility index (Phi) is 6.83. The Morgan fingerprint density at radius 1 is 0.909 bits per heavy atom. The van der Waals surface area contributed by atoms with Gasteiger partial charge in [0.2, 0.25) is 15.9 Å². The summed E-state index contributed by atoms with van der Waals surface area (Å²) >= 11 is 1.40. The molecule has 1 N–H and O–H groups in total. The molecule has 0 bridgehead atoms. The second kappa shape index (κ2) is 9.62. The van der Waals surface area contributed by atoms with Crippen LogP contribution >= 0.6 is 11.3 Å². The molecule has 3 aromatic rings. The van der Waals surface area contributed by atoms with Gasteiger partial charge in [0.1, 0.15) is 6.04 Å². The number of sulfonamides is 1. The van der Waals surface area contributed by atoms with Gasteiger partial charge in [-0.1, -0.05) is 50.2 Å². The van der Waals surface area contributed by atoms with E-state index >= 15 is 0 Å². The summed E-state index contributed by atoms with van der Waals surface area (Å²) in [6.07, 6.45) is 0.